The van der Waals surface area contributed by atoms with Gasteiger partial charge in [-0.15, -0.1) is 0 Å². The minimum Gasteiger partial charge on any atom is -0.339 e. The largest absolute Gasteiger partial charge is 0.339 e. The molecule has 0 aliphatic rings. The maximum atomic E-state index is 12.4. The molecule has 3 aromatic rings. The number of rotatable bonds is 4. The van der Waals surface area contributed by atoms with Crippen molar-refractivity contribution in [3.05, 3.63) is 76.7 Å². The lowest BCUT2D eigenvalue weighted by atomic mass is 10.1. The van der Waals surface area contributed by atoms with E-state index in [-0.39, 0.29) is 11.6 Å². The monoisotopic (exact) mass is 346 g/mol. The molecule has 0 aliphatic heterocycles. The van der Waals surface area contributed by atoms with Gasteiger partial charge in [-0.3, -0.25) is 4.79 Å². The lowest BCUT2D eigenvalue weighted by molar-refractivity contribution is 0.102. The van der Waals surface area contributed by atoms with Gasteiger partial charge in [0.15, 0.2) is 0 Å². The second kappa shape index (κ2) is 7.35. The molecule has 1 aromatic heterocycles. The summed E-state index contributed by atoms with van der Waals surface area (Å²) in [7, 11) is 0. The summed E-state index contributed by atoms with van der Waals surface area (Å²) in [6, 6.07) is 11.9. The van der Waals surface area contributed by atoms with Gasteiger partial charge in [0, 0.05) is 11.4 Å². The molecule has 1 heterocycles. The number of benzene rings is 2. The molecular formula is C21H22N4O. The predicted molar refractivity (Wildman–Crippen MR) is 105 cm³/mol. The van der Waals surface area contributed by atoms with E-state index in [1.54, 1.807) is 6.20 Å². The number of carbonyl (C=O) groups is 1. The molecule has 0 radical (unpaired) electrons. The van der Waals surface area contributed by atoms with E-state index in [0.717, 1.165) is 33.6 Å². The minimum atomic E-state index is -0.273. The normalized spacial score (nSPS) is 10.5. The number of amides is 1. The molecule has 26 heavy (non-hydrogen) atoms. The maximum absolute atomic E-state index is 12.4. The van der Waals surface area contributed by atoms with Crippen LogP contribution in [0.15, 0.2) is 48.8 Å². The van der Waals surface area contributed by atoms with E-state index in [1.165, 1.54) is 6.20 Å². The van der Waals surface area contributed by atoms with Crippen LogP contribution in [0.2, 0.25) is 0 Å². The standard InChI is InChI=1S/C21H22N4O/c1-13-7-6-10-17(16(13)4)24-21(26)18-11-23-19(12-22-18)25-20-14(2)8-5-9-15(20)3/h5-12H,1-4H3,(H,23,25)(H,24,26). The third-order valence-electron chi connectivity index (χ3n) is 4.47. The number of para-hydroxylation sites is 1. The molecule has 0 atom stereocenters. The Bertz CT molecular complexity index is 928. The maximum Gasteiger partial charge on any atom is 0.275 e. The average Bonchev–Trinajstić information content (AvgIpc) is 2.63. The summed E-state index contributed by atoms with van der Waals surface area (Å²) < 4.78 is 0. The highest BCUT2D eigenvalue weighted by molar-refractivity contribution is 6.03. The van der Waals surface area contributed by atoms with Gasteiger partial charge >= 0.3 is 0 Å². The summed E-state index contributed by atoms with van der Waals surface area (Å²) in [5.74, 6) is 0.329. The molecule has 0 aliphatic carbocycles. The van der Waals surface area contributed by atoms with Crippen LogP contribution in [0.25, 0.3) is 0 Å². The Morgan fingerprint density at radius 3 is 2.15 bits per heavy atom. The number of aryl methyl sites for hydroxylation is 3. The lowest BCUT2D eigenvalue weighted by Gasteiger charge is -2.12. The van der Waals surface area contributed by atoms with E-state index < -0.39 is 0 Å². The summed E-state index contributed by atoms with van der Waals surface area (Å²) in [4.78, 5) is 21.0. The first-order valence-electron chi connectivity index (χ1n) is 8.48. The highest BCUT2D eigenvalue weighted by Gasteiger charge is 2.11. The van der Waals surface area contributed by atoms with Gasteiger partial charge in [-0.1, -0.05) is 30.3 Å². The highest BCUT2D eigenvalue weighted by atomic mass is 16.1. The molecule has 132 valence electrons. The Hall–Kier alpha value is -3.21. The molecule has 5 heteroatoms. The van der Waals surface area contributed by atoms with Crippen LogP contribution in [0, 0.1) is 27.7 Å². The van der Waals surface area contributed by atoms with Crippen LogP contribution in [0.5, 0.6) is 0 Å². The van der Waals surface area contributed by atoms with Crippen molar-refractivity contribution in [1.82, 2.24) is 9.97 Å². The molecule has 2 N–H and O–H groups in total. The van der Waals surface area contributed by atoms with Gasteiger partial charge in [-0.25, -0.2) is 9.97 Å². The second-order valence-electron chi connectivity index (χ2n) is 6.38. The first-order chi connectivity index (χ1) is 12.5. The molecule has 1 amide bonds. The van der Waals surface area contributed by atoms with Crippen molar-refractivity contribution in [1.29, 1.82) is 0 Å². The van der Waals surface area contributed by atoms with E-state index >= 15 is 0 Å². The molecular weight excluding hydrogens is 324 g/mol. The Kier molecular flexibility index (Phi) is 4.98. The summed E-state index contributed by atoms with van der Waals surface area (Å²) in [6.45, 7) is 8.07. The summed E-state index contributed by atoms with van der Waals surface area (Å²) in [6.07, 6.45) is 3.06. The van der Waals surface area contributed by atoms with Gasteiger partial charge in [0.2, 0.25) is 0 Å². The van der Waals surface area contributed by atoms with E-state index in [0.29, 0.717) is 5.82 Å². The van der Waals surface area contributed by atoms with Crippen LogP contribution >= 0.6 is 0 Å². The topological polar surface area (TPSA) is 66.9 Å². The molecule has 0 saturated carbocycles. The molecule has 0 unspecified atom stereocenters. The van der Waals surface area contributed by atoms with Crippen LogP contribution in [-0.2, 0) is 0 Å². The Labute approximate surface area is 153 Å². The molecule has 0 bridgehead atoms. The van der Waals surface area contributed by atoms with Crippen molar-refractivity contribution in [2.24, 2.45) is 0 Å². The number of nitrogens with zero attached hydrogens (tertiary/aromatic N) is 2. The molecule has 0 saturated heterocycles. The van der Waals surface area contributed by atoms with Crippen LogP contribution in [0.4, 0.5) is 17.2 Å². The first-order valence-corrected chi connectivity index (χ1v) is 8.48. The predicted octanol–water partition coefficient (Wildman–Crippen LogP) is 4.71. The fraction of sp³-hybridized carbons (Fsp3) is 0.190. The van der Waals surface area contributed by atoms with Crippen molar-refractivity contribution in [3.63, 3.8) is 0 Å². The number of carbonyl (C=O) groups excluding carboxylic acids is 1. The molecule has 3 rings (SSSR count). The van der Waals surface area contributed by atoms with Gasteiger partial charge in [0.1, 0.15) is 11.5 Å². The molecule has 5 nitrogen and oxygen atoms in total. The molecule has 0 spiro atoms. The highest BCUT2D eigenvalue weighted by Crippen LogP contribution is 2.23. The second-order valence-corrected chi connectivity index (χ2v) is 6.38. The van der Waals surface area contributed by atoms with E-state index in [2.05, 4.69) is 20.6 Å². The quantitative estimate of drug-likeness (QED) is 0.718. The SMILES string of the molecule is Cc1cccc(NC(=O)c2cnc(Nc3c(C)cccc3C)cn2)c1C. The van der Waals surface area contributed by atoms with E-state index in [4.69, 9.17) is 0 Å². The third-order valence-corrected chi connectivity index (χ3v) is 4.47. The van der Waals surface area contributed by atoms with Crippen molar-refractivity contribution < 1.29 is 4.79 Å². The van der Waals surface area contributed by atoms with Crippen molar-refractivity contribution in [2.75, 3.05) is 10.6 Å². The van der Waals surface area contributed by atoms with Crippen LogP contribution in [-0.4, -0.2) is 15.9 Å². The van der Waals surface area contributed by atoms with Crippen LogP contribution in [0.3, 0.4) is 0 Å². The fourth-order valence-electron chi connectivity index (χ4n) is 2.72. The number of anilines is 3. The van der Waals surface area contributed by atoms with Crippen molar-refractivity contribution in [2.45, 2.75) is 27.7 Å². The molecule has 0 fully saturated rings. The Morgan fingerprint density at radius 1 is 0.846 bits per heavy atom. The summed E-state index contributed by atoms with van der Waals surface area (Å²) >= 11 is 0. The smallest absolute Gasteiger partial charge is 0.275 e. The van der Waals surface area contributed by atoms with E-state index in [1.807, 2.05) is 64.1 Å². The van der Waals surface area contributed by atoms with Crippen LogP contribution < -0.4 is 10.6 Å². The van der Waals surface area contributed by atoms with E-state index in [9.17, 15) is 4.79 Å². The zero-order valence-corrected chi connectivity index (χ0v) is 15.4. The minimum absolute atomic E-state index is 0.273. The number of hydrogen-bond acceptors (Lipinski definition) is 4. The third kappa shape index (κ3) is 3.72. The summed E-state index contributed by atoms with van der Waals surface area (Å²) in [5.41, 5.74) is 6.50. The van der Waals surface area contributed by atoms with Gasteiger partial charge in [-0.2, -0.15) is 0 Å². The first kappa shape index (κ1) is 17.6. The van der Waals surface area contributed by atoms with Crippen LogP contribution in [0.1, 0.15) is 32.7 Å². The fourth-order valence-corrected chi connectivity index (χ4v) is 2.72. The Balaban J connectivity index is 1.75. The van der Waals surface area contributed by atoms with Gasteiger partial charge in [0.05, 0.1) is 12.4 Å². The number of nitrogens with one attached hydrogen (secondary N) is 2. The Morgan fingerprint density at radius 2 is 1.50 bits per heavy atom. The van der Waals surface area contributed by atoms with Gasteiger partial charge < -0.3 is 10.6 Å². The average molecular weight is 346 g/mol. The van der Waals surface area contributed by atoms with Crippen molar-refractivity contribution in [3.8, 4) is 0 Å². The lowest BCUT2D eigenvalue weighted by Crippen LogP contribution is -2.15. The summed E-state index contributed by atoms with van der Waals surface area (Å²) in [5, 5.41) is 6.16. The van der Waals surface area contributed by atoms with Gasteiger partial charge in [0.25, 0.3) is 5.91 Å². The molecule has 2 aromatic carbocycles. The number of aromatic nitrogens is 2. The zero-order valence-electron chi connectivity index (χ0n) is 15.4. The zero-order chi connectivity index (χ0) is 18.7. The van der Waals surface area contributed by atoms with Gasteiger partial charge in [-0.05, 0) is 56.0 Å². The van der Waals surface area contributed by atoms with Crippen molar-refractivity contribution >= 4 is 23.1 Å². The number of hydrogen-bond donors (Lipinski definition) is 2.